The van der Waals surface area contributed by atoms with Crippen LogP contribution in [-0.4, -0.2) is 136 Å². The fourth-order valence-electron chi connectivity index (χ4n) is 5.82. The molecule has 328 valence electrons. The Labute approximate surface area is 341 Å². The zero-order valence-corrected chi connectivity index (χ0v) is 33.5. The molecule has 18 N–H and O–H groups in total. The number of aromatic nitrogens is 1. The van der Waals surface area contributed by atoms with Gasteiger partial charge in [0.2, 0.25) is 35.4 Å². The van der Waals surface area contributed by atoms with Crippen molar-refractivity contribution in [3.05, 3.63) is 36.0 Å². The van der Waals surface area contributed by atoms with E-state index in [9.17, 15) is 48.9 Å². The predicted molar refractivity (Wildman–Crippen MR) is 217 cm³/mol. The summed E-state index contributed by atoms with van der Waals surface area (Å²) in [5.41, 5.74) is 24.3. The zero-order valence-electron chi connectivity index (χ0n) is 33.5. The van der Waals surface area contributed by atoms with Gasteiger partial charge in [0.15, 0.2) is 5.96 Å². The average molecular weight is 833 g/mol. The van der Waals surface area contributed by atoms with Gasteiger partial charge in [-0.1, -0.05) is 32.0 Å². The van der Waals surface area contributed by atoms with Gasteiger partial charge in [-0.25, -0.2) is 4.79 Å². The minimum absolute atomic E-state index is 0.0265. The van der Waals surface area contributed by atoms with Crippen LogP contribution in [0.4, 0.5) is 0 Å². The number of nitrogens with one attached hydrogen (secondary N) is 7. The van der Waals surface area contributed by atoms with Crippen LogP contribution in [0.25, 0.3) is 10.9 Å². The number of para-hydroxylation sites is 1. The smallest absolute Gasteiger partial charge is 0.328 e. The third-order valence-corrected chi connectivity index (χ3v) is 9.22. The first-order chi connectivity index (χ1) is 27.9. The number of hydrogen-bond acceptors (Lipinski definition) is 12. The summed E-state index contributed by atoms with van der Waals surface area (Å²) >= 11 is 0. The largest absolute Gasteiger partial charge is 0.480 e. The normalized spacial score (nSPS) is 14.7. The number of aliphatic hydroxyl groups excluding tert-OH is 2. The maximum atomic E-state index is 13.8. The van der Waals surface area contributed by atoms with Crippen molar-refractivity contribution in [1.82, 2.24) is 36.9 Å². The molecule has 22 heteroatoms. The second kappa shape index (κ2) is 24.8. The number of guanidine groups is 1. The molecule has 6 amide bonds. The Morgan fingerprint density at radius 3 is 1.85 bits per heavy atom. The summed E-state index contributed by atoms with van der Waals surface area (Å²) < 4.78 is 0. The van der Waals surface area contributed by atoms with Gasteiger partial charge < -0.3 is 75.1 Å². The first-order valence-corrected chi connectivity index (χ1v) is 19.3. The lowest BCUT2D eigenvalue weighted by atomic mass is 10.0. The van der Waals surface area contributed by atoms with Crippen molar-refractivity contribution < 1.29 is 48.9 Å². The molecule has 7 atom stereocenters. The molecule has 1 aromatic carbocycles. The molecule has 0 radical (unpaired) electrons. The van der Waals surface area contributed by atoms with E-state index >= 15 is 0 Å². The summed E-state index contributed by atoms with van der Waals surface area (Å²) in [5, 5.41) is 44.2. The SMILES string of the molecule is CC(C)[C@H](NC(=O)[C@H](CCCN=C(N)N)NC(=O)[C@H](CCCCN)NC(=O)[C@H](CO)NC(=O)[C@H](C)NC(=O)[C@@H](N)Cc1c[nH]c2ccccc12)C(=O)N[C@@H](CO)C(=O)O. The molecular weight excluding hydrogens is 772 g/mol. The molecule has 0 unspecified atom stereocenters. The highest BCUT2D eigenvalue weighted by Crippen LogP contribution is 2.19. The fraction of sp³-hybridized carbons (Fsp3) is 0.568. The number of amides is 6. The molecule has 0 aliphatic rings. The van der Waals surface area contributed by atoms with Gasteiger partial charge in [0, 0.05) is 23.6 Å². The van der Waals surface area contributed by atoms with E-state index in [1.807, 2.05) is 24.3 Å². The second-order valence-corrected chi connectivity index (χ2v) is 14.3. The van der Waals surface area contributed by atoms with Crippen molar-refractivity contribution in [3.63, 3.8) is 0 Å². The highest BCUT2D eigenvalue weighted by Gasteiger charge is 2.34. The van der Waals surface area contributed by atoms with Gasteiger partial charge in [0.25, 0.3) is 0 Å². The van der Waals surface area contributed by atoms with Crippen LogP contribution in [0, 0.1) is 5.92 Å². The van der Waals surface area contributed by atoms with Gasteiger partial charge in [0.05, 0.1) is 19.3 Å². The number of carbonyl (C=O) groups is 7. The van der Waals surface area contributed by atoms with E-state index in [0.717, 1.165) is 16.5 Å². The lowest BCUT2D eigenvalue weighted by molar-refractivity contribution is -0.143. The van der Waals surface area contributed by atoms with Crippen molar-refractivity contribution in [2.75, 3.05) is 26.3 Å². The summed E-state index contributed by atoms with van der Waals surface area (Å²) in [6.45, 7) is 3.07. The highest BCUT2D eigenvalue weighted by atomic mass is 16.4. The predicted octanol–water partition coefficient (Wildman–Crippen LogP) is -4.13. The van der Waals surface area contributed by atoms with Gasteiger partial charge in [0.1, 0.15) is 36.3 Å². The Morgan fingerprint density at radius 1 is 0.712 bits per heavy atom. The number of hydrogen-bond donors (Lipinski definition) is 14. The summed E-state index contributed by atoms with van der Waals surface area (Å²) in [7, 11) is 0. The van der Waals surface area contributed by atoms with Crippen LogP contribution < -0.4 is 54.8 Å². The number of carbonyl (C=O) groups excluding carboxylic acids is 6. The Bertz CT molecular complexity index is 1770. The number of rotatable bonds is 26. The number of aromatic amines is 1. The number of fused-ring (bicyclic) bond motifs is 1. The van der Waals surface area contributed by atoms with Crippen molar-refractivity contribution >= 4 is 58.3 Å². The first-order valence-electron chi connectivity index (χ1n) is 19.3. The third-order valence-electron chi connectivity index (χ3n) is 9.22. The quantitative estimate of drug-likeness (QED) is 0.0243. The molecule has 0 saturated carbocycles. The summed E-state index contributed by atoms with van der Waals surface area (Å²) in [5.74, 6) is -7.26. The lowest BCUT2D eigenvalue weighted by Gasteiger charge is -2.28. The van der Waals surface area contributed by atoms with E-state index in [0.29, 0.717) is 12.8 Å². The van der Waals surface area contributed by atoms with Gasteiger partial charge in [-0.3, -0.25) is 33.8 Å². The molecule has 2 aromatic rings. The molecule has 59 heavy (non-hydrogen) atoms. The van der Waals surface area contributed by atoms with Crippen molar-refractivity contribution in [2.45, 2.75) is 102 Å². The number of H-pyrrole nitrogens is 1. The maximum absolute atomic E-state index is 13.8. The van der Waals surface area contributed by atoms with Crippen LogP contribution in [-0.2, 0) is 40.0 Å². The monoisotopic (exact) mass is 832 g/mol. The summed E-state index contributed by atoms with van der Waals surface area (Å²) in [4.78, 5) is 98.2. The number of aliphatic hydroxyl groups is 2. The van der Waals surface area contributed by atoms with Crippen molar-refractivity contribution in [3.8, 4) is 0 Å². The van der Waals surface area contributed by atoms with Crippen LogP contribution in [0.15, 0.2) is 35.5 Å². The Hall–Kier alpha value is -5.84. The van der Waals surface area contributed by atoms with Crippen LogP contribution in [0.3, 0.4) is 0 Å². The summed E-state index contributed by atoms with van der Waals surface area (Å²) in [6, 6.07) is -1.85. The van der Waals surface area contributed by atoms with Crippen LogP contribution in [0.1, 0.15) is 58.4 Å². The van der Waals surface area contributed by atoms with Crippen molar-refractivity contribution in [1.29, 1.82) is 0 Å². The summed E-state index contributed by atoms with van der Waals surface area (Å²) in [6.07, 6.45) is 2.87. The molecule has 2 rings (SSSR count). The number of nitrogens with two attached hydrogens (primary N) is 4. The van der Waals surface area contributed by atoms with Crippen LogP contribution >= 0.6 is 0 Å². The van der Waals surface area contributed by atoms with Crippen LogP contribution in [0.2, 0.25) is 0 Å². The van der Waals surface area contributed by atoms with E-state index in [1.165, 1.54) is 6.92 Å². The number of carboxylic acid groups (broad SMARTS) is 1. The lowest BCUT2D eigenvalue weighted by Crippen LogP contribution is -2.60. The third kappa shape index (κ3) is 16.1. The van der Waals surface area contributed by atoms with E-state index in [2.05, 4.69) is 41.9 Å². The number of nitrogens with zero attached hydrogens (tertiary/aromatic N) is 1. The van der Waals surface area contributed by atoms with Gasteiger partial charge in [-0.2, -0.15) is 0 Å². The number of carboxylic acids is 1. The molecule has 0 fully saturated rings. The van der Waals surface area contributed by atoms with Crippen LogP contribution in [0.5, 0.6) is 0 Å². The maximum Gasteiger partial charge on any atom is 0.328 e. The molecular formula is C37H60N12O10. The molecule has 1 aromatic heterocycles. The second-order valence-electron chi connectivity index (χ2n) is 14.3. The average Bonchev–Trinajstić information content (AvgIpc) is 3.60. The molecule has 0 aliphatic heterocycles. The van der Waals surface area contributed by atoms with Gasteiger partial charge in [-0.05, 0) is 69.5 Å². The molecule has 22 nitrogen and oxygen atoms in total. The van der Waals surface area contributed by atoms with E-state index in [1.54, 1.807) is 20.0 Å². The number of aliphatic carboxylic acids is 1. The molecule has 0 aliphatic carbocycles. The Morgan fingerprint density at radius 2 is 1.27 bits per heavy atom. The van der Waals surface area contributed by atoms with Gasteiger partial charge >= 0.3 is 5.97 Å². The molecule has 1 heterocycles. The molecule has 0 saturated heterocycles. The molecule has 0 bridgehead atoms. The Balaban J connectivity index is 2.18. The standard InChI is InChI=1S/C37H60N12O10/c1-19(2)29(35(57)48-28(18-51)36(58)59)49-33(55)26(12-8-14-42-37(40)41)45-32(54)25(11-6-7-13-38)46-34(56)27(17-50)47-30(52)20(3)44-31(53)23(39)15-21-16-43-24-10-5-4-9-22(21)24/h4-5,9-10,16,19-20,23,25-29,43,50-51H,6-8,11-15,17-18,38-39H2,1-3H3,(H,44,53)(H,45,54)(H,46,56)(H,47,52)(H,48,57)(H,49,55)(H,58,59)(H4,40,41,42)/t20-,23-,25-,26-,27-,28-,29-/m0/s1. The van der Waals surface area contributed by atoms with E-state index in [-0.39, 0.29) is 44.7 Å². The van der Waals surface area contributed by atoms with E-state index < -0.39 is 103 Å². The topological polar surface area (TPSA) is 385 Å². The van der Waals surface area contributed by atoms with Crippen molar-refractivity contribution in [2.24, 2.45) is 33.8 Å². The first kappa shape index (κ1) is 49.3. The number of aliphatic imine (C=N–C) groups is 1. The zero-order chi connectivity index (χ0) is 44.2. The number of benzene rings is 1. The van der Waals surface area contributed by atoms with E-state index in [4.69, 9.17) is 22.9 Å². The molecule has 0 spiro atoms. The minimum Gasteiger partial charge on any atom is -0.480 e. The number of unbranched alkanes of at least 4 members (excludes halogenated alkanes) is 1. The highest BCUT2D eigenvalue weighted by molar-refractivity contribution is 5.97. The Kier molecular flexibility index (Phi) is 20.7. The fourth-order valence-corrected chi connectivity index (χ4v) is 5.82. The van der Waals surface area contributed by atoms with Gasteiger partial charge in [-0.15, -0.1) is 0 Å². The minimum atomic E-state index is -1.64.